The van der Waals surface area contributed by atoms with Crippen LogP contribution < -0.4 is 4.57 Å². The first-order valence-corrected chi connectivity index (χ1v) is 14.1. The van der Waals surface area contributed by atoms with Crippen LogP contribution in [0.15, 0.2) is 89.5 Å². The molecular weight excluding hydrogens is 519 g/mol. The van der Waals surface area contributed by atoms with Gasteiger partial charge in [0, 0.05) is 30.7 Å². The highest BCUT2D eigenvalue weighted by Crippen LogP contribution is 2.42. The van der Waals surface area contributed by atoms with Crippen LogP contribution in [-0.2, 0) is 13.4 Å². The van der Waals surface area contributed by atoms with Gasteiger partial charge in [-0.2, -0.15) is 9.83 Å². The quantitative estimate of drug-likeness (QED) is 0.203. The van der Waals surface area contributed by atoms with Gasteiger partial charge in [-0.25, -0.2) is 4.39 Å². The van der Waals surface area contributed by atoms with E-state index in [9.17, 15) is 5.26 Å². The van der Waals surface area contributed by atoms with Crippen molar-refractivity contribution in [2.75, 3.05) is 0 Å². The molecule has 2 heterocycles. The summed E-state index contributed by atoms with van der Waals surface area (Å²) in [6.07, 6.45) is -0.584. The van der Waals surface area contributed by atoms with Crippen molar-refractivity contribution in [3.8, 4) is 39.6 Å². The molecule has 0 N–H and O–H groups in total. The Morgan fingerprint density at radius 1 is 0.833 bits per heavy atom. The molecule has 0 fully saturated rings. The smallest absolute Gasteiger partial charge is 0.216 e. The highest BCUT2D eigenvalue weighted by Gasteiger charge is 2.26. The van der Waals surface area contributed by atoms with Crippen LogP contribution in [0.1, 0.15) is 45.8 Å². The number of rotatable bonds is 4. The molecule has 0 aliphatic carbocycles. The Morgan fingerprint density at radius 2 is 1.40 bits per heavy atom. The molecule has 0 bridgehead atoms. The molecule has 0 saturated heterocycles. The third-order valence-corrected chi connectivity index (χ3v) is 7.69. The third kappa shape index (κ3) is 4.86. The summed E-state index contributed by atoms with van der Waals surface area (Å²) in [7, 11) is 1.75. The van der Waals surface area contributed by atoms with Crippen molar-refractivity contribution in [2.45, 2.75) is 41.0 Å². The van der Waals surface area contributed by atoms with Crippen molar-refractivity contribution in [1.82, 2.24) is 0 Å². The van der Waals surface area contributed by atoms with E-state index in [4.69, 9.17) is 7.16 Å². The van der Waals surface area contributed by atoms with Crippen molar-refractivity contribution in [2.24, 2.45) is 12.5 Å². The maximum Gasteiger partial charge on any atom is 0.216 e. The first-order chi connectivity index (χ1) is 20.8. The van der Waals surface area contributed by atoms with Crippen molar-refractivity contribution < 1.29 is 16.1 Å². The Hall–Kier alpha value is -4.75. The number of furan rings is 1. The second-order valence-corrected chi connectivity index (χ2v) is 12.1. The molecule has 0 amide bonds. The van der Waals surface area contributed by atoms with Crippen LogP contribution in [0.25, 0.3) is 55.4 Å². The highest BCUT2D eigenvalue weighted by molar-refractivity contribution is 6.14. The zero-order valence-corrected chi connectivity index (χ0v) is 24.8. The minimum Gasteiger partial charge on any atom is -0.454 e. The van der Waals surface area contributed by atoms with Gasteiger partial charge in [-0.05, 0) is 60.0 Å². The maximum atomic E-state index is 15.3. The van der Waals surface area contributed by atoms with Crippen molar-refractivity contribution in [3.05, 3.63) is 113 Å². The van der Waals surface area contributed by atoms with Gasteiger partial charge in [0.2, 0.25) is 11.9 Å². The summed E-state index contributed by atoms with van der Waals surface area (Å²) >= 11 is 0. The largest absolute Gasteiger partial charge is 0.454 e. The Labute approximate surface area is 249 Å². The fourth-order valence-corrected chi connectivity index (χ4v) is 5.64. The number of halogens is 1. The van der Waals surface area contributed by atoms with Crippen LogP contribution >= 0.6 is 0 Å². The van der Waals surface area contributed by atoms with E-state index in [1.165, 1.54) is 11.8 Å². The number of benzene rings is 4. The van der Waals surface area contributed by atoms with Crippen molar-refractivity contribution >= 4 is 21.9 Å². The average molecular weight is 556 g/mol. The molecule has 3 nitrogen and oxygen atoms in total. The molecule has 0 spiro atoms. The van der Waals surface area contributed by atoms with Crippen LogP contribution in [0, 0.1) is 36.4 Å². The molecule has 0 unspecified atom stereocenters. The Bertz CT molecular complexity index is 2110. The maximum absolute atomic E-state index is 15.3. The minimum absolute atomic E-state index is 0.00624. The van der Waals surface area contributed by atoms with Crippen LogP contribution in [0.2, 0.25) is 0 Å². The van der Waals surface area contributed by atoms with E-state index in [1.807, 2.05) is 43.3 Å². The van der Waals surface area contributed by atoms with Gasteiger partial charge in [0.15, 0.2) is 5.82 Å². The van der Waals surface area contributed by atoms with Gasteiger partial charge in [0.05, 0.1) is 17.2 Å². The number of aryl methyl sites for hydroxylation is 3. The predicted octanol–water partition coefficient (Wildman–Crippen LogP) is 9.63. The molecule has 6 aromatic rings. The Kier molecular flexibility index (Phi) is 6.11. The van der Waals surface area contributed by atoms with Gasteiger partial charge in [-0.1, -0.05) is 87.0 Å². The predicted molar refractivity (Wildman–Crippen MR) is 169 cm³/mol. The Morgan fingerprint density at radius 3 is 2.02 bits per heavy atom. The van der Waals surface area contributed by atoms with Crippen molar-refractivity contribution in [3.63, 3.8) is 0 Å². The summed E-state index contributed by atoms with van der Waals surface area (Å²) in [5, 5.41) is 11.9. The number of nitrogens with zero attached hydrogens (tertiary/aromatic N) is 2. The van der Waals surface area contributed by atoms with Gasteiger partial charge < -0.3 is 4.42 Å². The lowest BCUT2D eigenvalue weighted by atomic mass is 9.87. The molecule has 4 aromatic carbocycles. The van der Waals surface area contributed by atoms with E-state index in [1.54, 1.807) is 38.5 Å². The molecular formula is C38H34FN2O+. The lowest BCUT2D eigenvalue weighted by Crippen LogP contribution is -2.32. The third-order valence-electron chi connectivity index (χ3n) is 7.69. The molecule has 6 rings (SSSR count). The van der Waals surface area contributed by atoms with Crippen LogP contribution in [-0.4, -0.2) is 0 Å². The Balaban J connectivity index is 1.58. The lowest BCUT2D eigenvalue weighted by Gasteiger charge is -2.18. The number of fused-ring (bicyclic) bond motifs is 3. The second kappa shape index (κ2) is 10.3. The monoisotopic (exact) mass is 555 g/mol. The van der Waals surface area contributed by atoms with Gasteiger partial charge in [0.25, 0.3) is 0 Å². The van der Waals surface area contributed by atoms with E-state index < -0.39 is 17.6 Å². The molecule has 0 aliphatic rings. The van der Waals surface area contributed by atoms with Gasteiger partial charge in [0.1, 0.15) is 18.2 Å². The fourth-order valence-electron chi connectivity index (χ4n) is 5.64. The number of aromatic nitrogens is 1. The first-order valence-electron chi connectivity index (χ1n) is 15.1. The molecule has 4 heteroatoms. The van der Waals surface area contributed by atoms with Crippen LogP contribution in [0.5, 0.6) is 0 Å². The molecule has 42 heavy (non-hydrogen) atoms. The number of nitriles is 1. The second-order valence-electron chi connectivity index (χ2n) is 12.1. The van der Waals surface area contributed by atoms with E-state index in [-0.39, 0.29) is 5.56 Å². The SMILES string of the molecule is [2H]C([2H])(c1cc(-c2c(C)ccc3c2oc2c(-c4ccc(-c5ccc(C)cc5)cc4)c(C#N)ccc23)[n+](C)cc1F)C(C)(C)C. The number of pyridine rings is 1. The van der Waals surface area contributed by atoms with Crippen LogP contribution in [0.3, 0.4) is 0 Å². The van der Waals surface area contributed by atoms with E-state index in [0.717, 1.165) is 38.6 Å². The summed E-state index contributed by atoms with van der Waals surface area (Å²) < 4.78 is 41.3. The van der Waals surface area contributed by atoms with Crippen LogP contribution in [0.4, 0.5) is 4.39 Å². The van der Waals surface area contributed by atoms with E-state index >= 15 is 4.39 Å². The van der Waals surface area contributed by atoms with Gasteiger partial charge in [-0.3, -0.25) is 0 Å². The molecule has 0 atom stereocenters. The molecule has 208 valence electrons. The van der Waals surface area contributed by atoms with E-state index in [0.29, 0.717) is 28.0 Å². The summed E-state index contributed by atoms with van der Waals surface area (Å²) in [5.41, 5.74) is 8.18. The normalized spacial score (nSPS) is 12.8. The molecule has 0 aliphatic heterocycles. The zero-order valence-electron chi connectivity index (χ0n) is 26.8. The van der Waals surface area contributed by atoms with Gasteiger partial charge >= 0.3 is 0 Å². The molecule has 0 saturated carbocycles. The standard InChI is InChI=1S/C38H34FN2O/c1-23-7-10-25(11-8-23)26-12-14-27(15-13-26)35-28(21-40)16-18-31-30-17-9-24(2)34(36(30)42-37(31)35)33-19-29(20-38(3,4)5)32(39)22-41(33)6/h7-19,22H,20H2,1-6H3/q+1/i20D2. The van der Waals surface area contributed by atoms with Crippen molar-refractivity contribution in [1.29, 1.82) is 5.26 Å². The average Bonchev–Trinajstić information content (AvgIpc) is 3.35. The van der Waals surface area contributed by atoms with Gasteiger partial charge in [-0.15, -0.1) is 0 Å². The highest BCUT2D eigenvalue weighted by atomic mass is 19.1. The summed E-state index contributed by atoms with van der Waals surface area (Å²) in [4.78, 5) is 0. The summed E-state index contributed by atoms with van der Waals surface area (Å²) in [5.74, 6) is -0.597. The minimum atomic E-state index is -1.92. The number of hydrogen-bond donors (Lipinski definition) is 0. The molecule has 2 aromatic heterocycles. The summed E-state index contributed by atoms with van der Waals surface area (Å²) in [6.45, 7) is 9.34. The zero-order chi connectivity index (χ0) is 31.6. The fraction of sp³-hybridized carbons (Fsp3) is 0.211. The molecule has 0 radical (unpaired) electrons. The lowest BCUT2D eigenvalue weighted by molar-refractivity contribution is -0.662. The first kappa shape index (κ1) is 25.0. The topological polar surface area (TPSA) is 40.8 Å². The summed E-state index contributed by atoms with van der Waals surface area (Å²) in [6, 6.07) is 28.2. The van der Waals surface area contributed by atoms with E-state index in [2.05, 4.69) is 49.4 Å². The number of hydrogen-bond acceptors (Lipinski definition) is 2.